The Morgan fingerprint density at radius 1 is 1.50 bits per heavy atom. The average molecular weight is 340 g/mol. The maximum Gasteiger partial charge on any atom is 0.271 e. The van der Waals surface area contributed by atoms with E-state index in [0.717, 1.165) is 11.3 Å². The molecule has 0 spiro atoms. The van der Waals surface area contributed by atoms with Crippen molar-refractivity contribution in [2.24, 2.45) is 5.92 Å². The monoisotopic (exact) mass is 339 g/mol. The van der Waals surface area contributed by atoms with Crippen LogP contribution in [0.2, 0.25) is 0 Å². The van der Waals surface area contributed by atoms with E-state index in [2.05, 4.69) is 5.32 Å². The molecule has 1 heterocycles. The molecule has 114 valence electrons. The largest absolute Gasteiger partial charge is 0.379 e. The second-order valence-electron chi connectivity index (χ2n) is 4.72. The summed E-state index contributed by atoms with van der Waals surface area (Å²) in [5.74, 6) is 0.125. The Morgan fingerprint density at radius 2 is 2.15 bits per heavy atom. The Balaban J connectivity index is 2.55. The average Bonchev–Trinajstić information content (AvgIpc) is 2.69. The maximum absolute atomic E-state index is 11.9. The molecule has 0 radical (unpaired) electrons. The fraction of sp³-hybridized carbons (Fsp3) is 0.583. The van der Waals surface area contributed by atoms with E-state index >= 15 is 0 Å². The Hall–Kier alpha value is -0.630. The van der Waals surface area contributed by atoms with Crippen LogP contribution in [0.15, 0.2) is 9.59 Å². The molecule has 0 aromatic carbocycles. The van der Waals surface area contributed by atoms with E-state index < -0.39 is 9.05 Å². The lowest BCUT2D eigenvalue weighted by molar-refractivity contribution is 0.0886. The molecule has 0 fully saturated rings. The highest BCUT2D eigenvalue weighted by Gasteiger charge is 2.21. The molecule has 1 rings (SSSR count). The number of hydrogen-bond acceptors (Lipinski definition) is 5. The summed E-state index contributed by atoms with van der Waals surface area (Å²) in [4.78, 5) is 11.9. The van der Waals surface area contributed by atoms with Gasteiger partial charge >= 0.3 is 0 Å². The van der Waals surface area contributed by atoms with E-state index in [0.29, 0.717) is 36.8 Å². The smallest absolute Gasteiger partial charge is 0.271 e. The summed E-state index contributed by atoms with van der Waals surface area (Å²) in [6.07, 6.45) is 0. The first-order valence-electron chi connectivity index (χ1n) is 6.12. The quantitative estimate of drug-likeness (QED) is 0.611. The van der Waals surface area contributed by atoms with Crippen molar-refractivity contribution in [1.29, 1.82) is 0 Å². The molecule has 0 aliphatic carbocycles. The van der Waals surface area contributed by atoms with Gasteiger partial charge in [0.25, 0.3) is 15.0 Å². The second kappa shape index (κ2) is 7.40. The molecule has 0 saturated carbocycles. The van der Waals surface area contributed by atoms with E-state index in [1.54, 1.807) is 6.92 Å². The van der Waals surface area contributed by atoms with Crippen LogP contribution < -0.4 is 5.32 Å². The van der Waals surface area contributed by atoms with Crippen LogP contribution in [0.1, 0.15) is 29.8 Å². The van der Waals surface area contributed by atoms with Gasteiger partial charge in [-0.05, 0) is 18.4 Å². The zero-order valence-corrected chi connectivity index (χ0v) is 14.0. The number of carbonyl (C=O) groups is 1. The molecule has 20 heavy (non-hydrogen) atoms. The Labute approximate surface area is 127 Å². The maximum atomic E-state index is 11.9. The van der Waals surface area contributed by atoms with Gasteiger partial charge in [-0.25, -0.2) is 8.42 Å². The first kappa shape index (κ1) is 17.4. The minimum atomic E-state index is -3.80. The topological polar surface area (TPSA) is 72.5 Å². The van der Waals surface area contributed by atoms with E-state index in [4.69, 9.17) is 15.4 Å². The van der Waals surface area contributed by atoms with Crippen molar-refractivity contribution in [3.8, 4) is 0 Å². The first-order valence-corrected chi connectivity index (χ1v) is 9.31. The number of ether oxygens (including phenoxy) is 1. The Morgan fingerprint density at radius 3 is 2.65 bits per heavy atom. The molecule has 0 aliphatic heterocycles. The van der Waals surface area contributed by atoms with Gasteiger partial charge in [-0.1, -0.05) is 13.8 Å². The number of nitrogens with one attached hydrogen (secondary N) is 1. The van der Waals surface area contributed by atoms with Gasteiger partial charge < -0.3 is 10.1 Å². The number of rotatable bonds is 7. The number of thiophene rings is 1. The molecule has 0 aliphatic rings. The molecule has 1 aromatic heterocycles. The van der Waals surface area contributed by atoms with Crippen LogP contribution in [-0.2, 0) is 13.8 Å². The first-order chi connectivity index (χ1) is 9.23. The van der Waals surface area contributed by atoms with Crippen molar-refractivity contribution in [2.75, 3.05) is 19.8 Å². The highest BCUT2D eigenvalue weighted by molar-refractivity contribution is 8.15. The molecule has 0 unspecified atom stereocenters. The van der Waals surface area contributed by atoms with Gasteiger partial charge in [0.05, 0.1) is 12.2 Å². The number of carbonyl (C=O) groups excluding carboxylic acids is 1. The third kappa shape index (κ3) is 5.05. The predicted octanol–water partition coefficient (Wildman–Crippen LogP) is 2.39. The normalized spacial score (nSPS) is 11.8. The second-order valence-corrected chi connectivity index (χ2v) is 8.37. The molecule has 1 N–H and O–H groups in total. The molecular formula is C12H18ClNO4S2. The summed E-state index contributed by atoms with van der Waals surface area (Å²) in [5, 5.41) is 4.18. The van der Waals surface area contributed by atoms with Crippen molar-refractivity contribution >= 4 is 37.0 Å². The van der Waals surface area contributed by atoms with E-state index in [1.807, 2.05) is 13.8 Å². The van der Waals surface area contributed by atoms with Crippen molar-refractivity contribution in [1.82, 2.24) is 5.32 Å². The molecule has 0 bridgehead atoms. The van der Waals surface area contributed by atoms with Crippen molar-refractivity contribution in [3.63, 3.8) is 0 Å². The standard InChI is InChI=1S/C12H18ClNO4S2/c1-8(2)6-18-5-4-14-11(15)10-7-19-12(9(10)3)20(13,16)17/h7-8H,4-6H2,1-3H3,(H,14,15). The van der Waals surface area contributed by atoms with Gasteiger partial charge in [0, 0.05) is 29.2 Å². The van der Waals surface area contributed by atoms with Gasteiger partial charge in [-0.3, -0.25) is 4.79 Å². The fourth-order valence-electron chi connectivity index (χ4n) is 1.51. The predicted molar refractivity (Wildman–Crippen MR) is 80.1 cm³/mol. The summed E-state index contributed by atoms with van der Waals surface area (Å²) in [6.45, 7) is 7.10. The van der Waals surface area contributed by atoms with E-state index in [9.17, 15) is 13.2 Å². The zero-order valence-electron chi connectivity index (χ0n) is 11.6. The minimum absolute atomic E-state index is 0.0142. The lowest BCUT2D eigenvalue weighted by atomic mass is 10.2. The van der Waals surface area contributed by atoms with Crippen molar-refractivity contribution in [2.45, 2.75) is 25.0 Å². The Kier molecular flexibility index (Phi) is 6.44. The summed E-state index contributed by atoms with van der Waals surface area (Å²) in [5.41, 5.74) is 0.712. The van der Waals surface area contributed by atoms with Crippen LogP contribution in [0.25, 0.3) is 0 Å². The van der Waals surface area contributed by atoms with Gasteiger partial charge in [-0.15, -0.1) is 11.3 Å². The third-order valence-electron chi connectivity index (χ3n) is 2.44. The SMILES string of the molecule is Cc1c(C(=O)NCCOCC(C)C)csc1S(=O)(=O)Cl. The summed E-state index contributed by atoms with van der Waals surface area (Å²) in [7, 11) is 1.49. The summed E-state index contributed by atoms with van der Waals surface area (Å²) >= 11 is 0.947. The Bertz CT molecular complexity index is 566. The number of halogens is 1. The van der Waals surface area contributed by atoms with Gasteiger partial charge in [-0.2, -0.15) is 0 Å². The molecule has 5 nitrogen and oxygen atoms in total. The lowest BCUT2D eigenvalue weighted by Gasteiger charge is -2.08. The fourth-order valence-corrected chi connectivity index (χ4v) is 4.06. The lowest BCUT2D eigenvalue weighted by Crippen LogP contribution is -2.27. The van der Waals surface area contributed by atoms with Crippen molar-refractivity contribution in [3.05, 3.63) is 16.5 Å². The molecule has 1 aromatic rings. The van der Waals surface area contributed by atoms with Crippen LogP contribution in [-0.4, -0.2) is 34.1 Å². The van der Waals surface area contributed by atoms with E-state index in [-0.39, 0.29) is 10.1 Å². The molecule has 0 atom stereocenters. The van der Waals surface area contributed by atoms with Gasteiger partial charge in [0.1, 0.15) is 4.21 Å². The molecular weight excluding hydrogens is 322 g/mol. The molecule has 1 amide bonds. The summed E-state index contributed by atoms with van der Waals surface area (Å²) in [6, 6.07) is 0. The highest BCUT2D eigenvalue weighted by atomic mass is 35.7. The minimum Gasteiger partial charge on any atom is -0.379 e. The third-order valence-corrected chi connectivity index (χ3v) is 5.75. The van der Waals surface area contributed by atoms with Gasteiger partial charge in [0.2, 0.25) is 0 Å². The number of hydrogen-bond donors (Lipinski definition) is 1. The highest BCUT2D eigenvalue weighted by Crippen LogP contribution is 2.29. The van der Waals surface area contributed by atoms with Crippen LogP contribution in [0.3, 0.4) is 0 Å². The summed E-state index contributed by atoms with van der Waals surface area (Å²) < 4.78 is 27.9. The van der Waals surface area contributed by atoms with Crippen molar-refractivity contribution < 1.29 is 17.9 Å². The molecule has 8 heteroatoms. The van der Waals surface area contributed by atoms with Crippen LogP contribution >= 0.6 is 22.0 Å². The van der Waals surface area contributed by atoms with Crippen LogP contribution in [0, 0.1) is 12.8 Å². The van der Waals surface area contributed by atoms with Crippen LogP contribution in [0.5, 0.6) is 0 Å². The molecule has 0 saturated heterocycles. The number of amides is 1. The van der Waals surface area contributed by atoms with Gasteiger partial charge in [0.15, 0.2) is 0 Å². The zero-order chi connectivity index (χ0) is 15.3. The van der Waals surface area contributed by atoms with Crippen LogP contribution in [0.4, 0.5) is 0 Å². The van der Waals surface area contributed by atoms with E-state index in [1.165, 1.54) is 5.38 Å².